The standard InChI is InChI=1S/C13H9BrClFN2O2/c14-13-2-1-9(15)3-8(13)7-17-11-4-10(16)5-12(6-11)18(19)20/h1-6,17H,7H2. The fraction of sp³-hybridized carbons (Fsp3) is 0.0769. The summed E-state index contributed by atoms with van der Waals surface area (Å²) in [5.41, 5.74) is 0.908. The van der Waals surface area contributed by atoms with Crippen molar-refractivity contribution in [3.8, 4) is 0 Å². The summed E-state index contributed by atoms with van der Waals surface area (Å²) in [6.45, 7) is 0.363. The van der Waals surface area contributed by atoms with E-state index in [9.17, 15) is 14.5 Å². The van der Waals surface area contributed by atoms with E-state index in [-0.39, 0.29) is 5.69 Å². The van der Waals surface area contributed by atoms with Crippen LogP contribution in [0.2, 0.25) is 5.02 Å². The summed E-state index contributed by atoms with van der Waals surface area (Å²) in [6.07, 6.45) is 0. The normalized spacial score (nSPS) is 10.3. The van der Waals surface area contributed by atoms with Crippen LogP contribution < -0.4 is 5.32 Å². The molecular formula is C13H9BrClFN2O2. The van der Waals surface area contributed by atoms with E-state index in [2.05, 4.69) is 21.2 Å². The SMILES string of the molecule is O=[N+]([O-])c1cc(F)cc(NCc2cc(Cl)ccc2Br)c1. The van der Waals surface area contributed by atoms with Crippen LogP contribution in [0, 0.1) is 15.9 Å². The van der Waals surface area contributed by atoms with Gasteiger partial charge in [-0.1, -0.05) is 27.5 Å². The third-order valence-electron chi connectivity index (χ3n) is 2.58. The largest absolute Gasteiger partial charge is 0.381 e. The highest BCUT2D eigenvalue weighted by Crippen LogP contribution is 2.24. The van der Waals surface area contributed by atoms with Gasteiger partial charge in [-0.3, -0.25) is 10.1 Å². The maximum absolute atomic E-state index is 13.3. The summed E-state index contributed by atoms with van der Waals surface area (Å²) in [4.78, 5) is 10.0. The molecule has 0 aliphatic rings. The number of hydrogen-bond acceptors (Lipinski definition) is 3. The lowest BCUT2D eigenvalue weighted by atomic mass is 10.2. The number of hydrogen-bond donors (Lipinski definition) is 1. The van der Waals surface area contributed by atoms with Crippen molar-refractivity contribution in [3.63, 3.8) is 0 Å². The van der Waals surface area contributed by atoms with Gasteiger partial charge in [0, 0.05) is 27.8 Å². The molecule has 7 heteroatoms. The average molecular weight is 360 g/mol. The highest BCUT2D eigenvalue weighted by atomic mass is 79.9. The fourth-order valence-corrected chi connectivity index (χ4v) is 2.24. The van der Waals surface area contributed by atoms with Crippen LogP contribution in [-0.2, 0) is 6.54 Å². The zero-order chi connectivity index (χ0) is 14.7. The van der Waals surface area contributed by atoms with E-state index in [0.717, 1.165) is 16.1 Å². The maximum atomic E-state index is 13.3. The highest BCUT2D eigenvalue weighted by Gasteiger charge is 2.10. The molecule has 0 bridgehead atoms. The summed E-state index contributed by atoms with van der Waals surface area (Å²) in [6, 6.07) is 8.65. The van der Waals surface area contributed by atoms with E-state index in [4.69, 9.17) is 11.6 Å². The second-order valence-electron chi connectivity index (χ2n) is 4.04. The Morgan fingerprint density at radius 2 is 2.05 bits per heavy atom. The third-order valence-corrected chi connectivity index (χ3v) is 3.59. The van der Waals surface area contributed by atoms with Gasteiger partial charge in [0.15, 0.2) is 0 Å². The van der Waals surface area contributed by atoms with Gasteiger partial charge < -0.3 is 5.32 Å². The van der Waals surface area contributed by atoms with Crippen molar-refractivity contribution in [1.82, 2.24) is 0 Å². The van der Waals surface area contributed by atoms with E-state index in [0.29, 0.717) is 17.3 Å². The van der Waals surface area contributed by atoms with E-state index in [1.54, 1.807) is 18.2 Å². The van der Waals surface area contributed by atoms with Crippen molar-refractivity contribution in [1.29, 1.82) is 0 Å². The first-order chi connectivity index (χ1) is 9.45. The van der Waals surface area contributed by atoms with Crippen molar-refractivity contribution in [2.45, 2.75) is 6.54 Å². The van der Waals surface area contributed by atoms with Crippen molar-refractivity contribution in [3.05, 3.63) is 67.4 Å². The Kier molecular flexibility index (Phi) is 4.57. The zero-order valence-electron chi connectivity index (χ0n) is 10.1. The summed E-state index contributed by atoms with van der Waals surface area (Å²) in [5, 5.41) is 14.2. The molecule has 1 N–H and O–H groups in total. The van der Waals surface area contributed by atoms with Crippen molar-refractivity contribution in [2.24, 2.45) is 0 Å². The van der Waals surface area contributed by atoms with Crippen LogP contribution in [0.25, 0.3) is 0 Å². The first kappa shape index (κ1) is 14.7. The van der Waals surface area contributed by atoms with Gasteiger partial charge in [-0.15, -0.1) is 0 Å². The van der Waals surface area contributed by atoms with Crippen LogP contribution in [0.15, 0.2) is 40.9 Å². The van der Waals surface area contributed by atoms with E-state index in [1.807, 2.05) is 0 Å². The number of benzene rings is 2. The Morgan fingerprint density at radius 1 is 1.30 bits per heavy atom. The van der Waals surface area contributed by atoms with Crippen LogP contribution in [0.1, 0.15) is 5.56 Å². The monoisotopic (exact) mass is 358 g/mol. The number of nitro groups is 1. The van der Waals surface area contributed by atoms with Crippen molar-refractivity contribution >= 4 is 38.9 Å². The molecule has 0 aliphatic heterocycles. The average Bonchev–Trinajstić information content (AvgIpc) is 2.39. The van der Waals surface area contributed by atoms with Gasteiger partial charge in [0.2, 0.25) is 0 Å². The molecule has 0 atom stereocenters. The number of non-ortho nitro benzene ring substituents is 1. The van der Waals surface area contributed by atoms with Crippen LogP contribution >= 0.6 is 27.5 Å². The van der Waals surface area contributed by atoms with Gasteiger partial charge in [-0.05, 0) is 29.8 Å². The van der Waals surface area contributed by atoms with Gasteiger partial charge in [-0.25, -0.2) is 4.39 Å². The summed E-state index contributed by atoms with van der Waals surface area (Å²) in [7, 11) is 0. The lowest BCUT2D eigenvalue weighted by molar-refractivity contribution is -0.385. The first-order valence-electron chi connectivity index (χ1n) is 5.58. The second-order valence-corrected chi connectivity index (χ2v) is 5.34. The lowest BCUT2D eigenvalue weighted by Crippen LogP contribution is -2.01. The minimum atomic E-state index is -0.660. The second kappa shape index (κ2) is 6.19. The molecule has 0 saturated heterocycles. The van der Waals surface area contributed by atoms with Gasteiger partial charge in [0.05, 0.1) is 11.0 Å². The highest BCUT2D eigenvalue weighted by molar-refractivity contribution is 9.10. The lowest BCUT2D eigenvalue weighted by Gasteiger charge is -2.09. The fourth-order valence-electron chi connectivity index (χ4n) is 1.66. The van der Waals surface area contributed by atoms with Gasteiger partial charge >= 0.3 is 0 Å². The van der Waals surface area contributed by atoms with Crippen molar-refractivity contribution < 1.29 is 9.31 Å². The molecule has 0 spiro atoms. The molecule has 0 unspecified atom stereocenters. The quantitative estimate of drug-likeness (QED) is 0.632. The third kappa shape index (κ3) is 3.68. The van der Waals surface area contributed by atoms with Gasteiger partial charge in [0.1, 0.15) is 5.82 Å². The Balaban J connectivity index is 2.18. The molecule has 20 heavy (non-hydrogen) atoms. The van der Waals surface area contributed by atoms with E-state index in [1.165, 1.54) is 12.1 Å². The maximum Gasteiger partial charge on any atom is 0.274 e. The molecule has 0 heterocycles. The Morgan fingerprint density at radius 3 is 2.75 bits per heavy atom. The molecule has 4 nitrogen and oxygen atoms in total. The molecule has 0 aromatic heterocycles. The van der Waals surface area contributed by atoms with Gasteiger partial charge in [-0.2, -0.15) is 0 Å². The van der Waals surface area contributed by atoms with Crippen LogP contribution in [0.3, 0.4) is 0 Å². The Hall–Kier alpha value is -1.66. The Bertz CT molecular complexity index is 667. The molecule has 0 fully saturated rings. The van der Waals surface area contributed by atoms with Crippen LogP contribution in [-0.4, -0.2) is 4.92 Å². The smallest absolute Gasteiger partial charge is 0.274 e. The van der Waals surface area contributed by atoms with Crippen LogP contribution in [0.4, 0.5) is 15.8 Å². The molecule has 0 saturated carbocycles. The molecule has 2 rings (SSSR count). The number of rotatable bonds is 4. The summed E-state index contributed by atoms with van der Waals surface area (Å²) in [5.74, 6) is -0.660. The summed E-state index contributed by atoms with van der Waals surface area (Å²) >= 11 is 9.27. The van der Waals surface area contributed by atoms with Crippen molar-refractivity contribution in [2.75, 3.05) is 5.32 Å². The van der Waals surface area contributed by atoms with Crippen LogP contribution in [0.5, 0.6) is 0 Å². The number of nitrogens with zero attached hydrogens (tertiary/aromatic N) is 1. The predicted molar refractivity (Wildman–Crippen MR) is 79.5 cm³/mol. The molecule has 0 amide bonds. The first-order valence-corrected chi connectivity index (χ1v) is 6.75. The predicted octanol–water partition coefficient (Wildman–Crippen LogP) is 4.76. The summed E-state index contributed by atoms with van der Waals surface area (Å²) < 4.78 is 14.1. The zero-order valence-corrected chi connectivity index (χ0v) is 12.4. The van der Waals surface area contributed by atoms with E-state index < -0.39 is 10.7 Å². The molecule has 2 aromatic rings. The van der Waals surface area contributed by atoms with Gasteiger partial charge in [0.25, 0.3) is 5.69 Å². The molecule has 2 aromatic carbocycles. The number of nitrogens with one attached hydrogen (secondary N) is 1. The Labute approximate surface area is 127 Å². The number of halogens is 3. The minimum Gasteiger partial charge on any atom is -0.381 e. The molecule has 0 aliphatic carbocycles. The molecule has 0 radical (unpaired) electrons. The number of anilines is 1. The number of nitro benzene ring substituents is 1. The molecule has 104 valence electrons. The molecular weight excluding hydrogens is 351 g/mol. The topological polar surface area (TPSA) is 55.2 Å². The van der Waals surface area contributed by atoms with E-state index >= 15 is 0 Å². The minimum absolute atomic E-state index is 0.294.